The second-order valence-electron chi connectivity index (χ2n) is 6.86. The zero-order valence-electron chi connectivity index (χ0n) is 15.4. The SMILES string of the molecule is Cc1ccn(-c2cc(F)ccc2F)c(=O)c1C(=O)NC(C)C1=CCCCC1. The van der Waals surface area contributed by atoms with Gasteiger partial charge in [-0.15, -0.1) is 0 Å². The molecule has 1 N–H and O–H groups in total. The van der Waals surface area contributed by atoms with Crippen LogP contribution in [-0.4, -0.2) is 16.5 Å². The van der Waals surface area contributed by atoms with Crippen molar-refractivity contribution in [1.29, 1.82) is 0 Å². The molecule has 1 heterocycles. The van der Waals surface area contributed by atoms with Crippen LogP contribution in [0.4, 0.5) is 8.78 Å². The van der Waals surface area contributed by atoms with Gasteiger partial charge in [0, 0.05) is 18.3 Å². The molecule has 1 unspecified atom stereocenters. The molecule has 3 rings (SSSR count). The third-order valence-corrected chi connectivity index (χ3v) is 4.93. The first-order valence-corrected chi connectivity index (χ1v) is 9.06. The van der Waals surface area contributed by atoms with Gasteiger partial charge in [0.2, 0.25) is 0 Å². The number of aryl methyl sites for hydroxylation is 1. The Kier molecular flexibility index (Phi) is 5.54. The van der Waals surface area contributed by atoms with E-state index >= 15 is 0 Å². The van der Waals surface area contributed by atoms with Crippen molar-refractivity contribution in [3.63, 3.8) is 0 Å². The Balaban J connectivity index is 1.96. The van der Waals surface area contributed by atoms with Gasteiger partial charge in [-0.1, -0.05) is 11.6 Å². The summed E-state index contributed by atoms with van der Waals surface area (Å²) in [6, 6.07) is 4.23. The number of nitrogens with one attached hydrogen (secondary N) is 1. The van der Waals surface area contributed by atoms with E-state index in [0.29, 0.717) is 5.56 Å². The van der Waals surface area contributed by atoms with Crippen molar-refractivity contribution in [2.75, 3.05) is 0 Å². The maximum absolute atomic E-state index is 14.1. The molecule has 27 heavy (non-hydrogen) atoms. The molecule has 0 spiro atoms. The molecule has 0 bridgehead atoms. The summed E-state index contributed by atoms with van der Waals surface area (Å²) in [6.07, 6.45) is 7.62. The van der Waals surface area contributed by atoms with Crippen molar-refractivity contribution in [3.05, 3.63) is 75.2 Å². The van der Waals surface area contributed by atoms with Crippen molar-refractivity contribution in [3.8, 4) is 5.69 Å². The summed E-state index contributed by atoms with van der Waals surface area (Å²) in [5.41, 5.74) is 0.665. The van der Waals surface area contributed by atoms with Crippen LogP contribution in [0, 0.1) is 18.6 Å². The van der Waals surface area contributed by atoms with Crippen molar-refractivity contribution in [1.82, 2.24) is 9.88 Å². The van der Waals surface area contributed by atoms with Gasteiger partial charge in [-0.05, 0) is 63.3 Å². The van der Waals surface area contributed by atoms with Crippen molar-refractivity contribution < 1.29 is 13.6 Å². The number of hydrogen-bond acceptors (Lipinski definition) is 2. The van der Waals surface area contributed by atoms with Crippen LogP contribution in [0.25, 0.3) is 5.69 Å². The molecule has 142 valence electrons. The molecule has 1 aromatic heterocycles. The van der Waals surface area contributed by atoms with E-state index in [0.717, 1.165) is 54.0 Å². The number of rotatable bonds is 4. The number of aromatic nitrogens is 1. The number of pyridine rings is 1. The van der Waals surface area contributed by atoms with E-state index in [1.807, 2.05) is 6.92 Å². The third-order valence-electron chi connectivity index (χ3n) is 4.93. The number of amides is 1. The lowest BCUT2D eigenvalue weighted by Gasteiger charge is -2.21. The molecule has 0 fully saturated rings. The number of halogens is 2. The lowest BCUT2D eigenvalue weighted by molar-refractivity contribution is 0.0942. The van der Waals surface area contributed by atoms with Crippen LogP contribution in [0.2, 0.25) is 0 Å². The summed E-state index contributed by atoms with van der Waals surface area (Å²) in [4.78, 5) is 25.6. The first-order chi connectivity index (χ1) is 12.9. The van der Waals surface area contributed by atoms with Crippen molar-refractivity contribution in [2.45, 2.75) is 45.6 Å². The minimum absolute atomic E-state index is 0.0654. The van der Waals surface area contributed by atoms with Gasteiger partial charge in [-0.25, -0.2) is 8.78 Å². The minimum atomic E-state index is -0.741. The third kappa shape index (κ3) is 3.99. The van der Waals surface area contributed by atoms with Crippen molar-refractivity contribution in [2.24, 2.45) is 0 Å². The Morgan fingerprint density at radius 2 is 2.00 bits per heavy atom. The molecule has 1 aliphatic rings. The first-order valence-electron chi connectivity index (χ1n) is 9.06. The molecule has 4 nitrogen and oxygen atoms in total. The molecule has 1 aliphatic carbocycles. The monoisotopic (exact) mass is 372 g/mol. The lowest BCUT2D eigenvalue weighted by Crippen LogP contribution is -2.39. The van der Waals surface area contributed by atoms with E-state index in [1.54, 1.807) is 13.0 Å². The highest BCUT2D eigenvalue weighted by Gasteiger charge is 2.21. The number of hydrogen-bond donors (Lipinski definition) is 1. The van der Waals surface area contributed by atoms with Crippen LogP contribution in [0.15, 0.2) is 46.9 Å². The van der Waals surface area contributed by atoms with Crippen molar-refractivity contribution >= 4 is 5.91 Å². The second-order valence-corrected chi connectivity index (χ2v) is 6.86. The van der Waals surface area contributed by atoms with E-state index in [4.69, 9.17) is 0 Å². The van der Waals surface area contributed by atoms with Gasteiger partial charge in [0.15, 0.2) is 0 Å². The number of allylic oxidation sites excluding steroid dienone is 1. The topological polar surface area (TPSA) is 51.1 Å². The largest absolute Gasteiger partial charge is 0.346 e. The lowest BCUT2D eigenvalue weighted by atomic mass is 9.94. The highest BCUT2D eigenvalue weighted by molar-refractivity contribution is 5.95. The average molecular weight is 372 g/mol. The molecule has 2 aromatic rings. The molecule has 0 aliphatic heterocycles. The highest BCUT2D eigenvalue weighted by Crippen LogP contribution is 2.20. The molecule has 1 aromatic carbocycles. The minimum Gasteiger partial charge on any atom is -0.346 e. The quantitative estimate of drug-likeness (QED) is 0.824. The van der Waals surface area contributed by atoms with E-state index in [9.17, 15) is 18.4 Å². The number of carbonyl (C=O) groups is 1. The van der Waals surface area contributed by atoms with E-state index in [-0.39, 0.29) is 17.3 Å². The Labute approximate surface area is 156 Å². The van der Waals surface area contributed by atoms with E-state index in [1.165, 1.54) is 6.20 Å². The van der Waals surface area contributed by atoms with Crippen LogP contribution >= 0.6 is 0 Å². The van der Waals surface area contributed by atoms with Gasteiger partial charge in [-0.3, -0.25) is 14.2 Å². The standard InChI is InChI=1S/C21H22F2N2O2/c1-13-10-11-25(18-12-16(22)8-9-17(18)23)21(27)19(13)20(26)24-14(2)15-6-4-3-5-7-15/h6,8-12,14H,3-5,7H2,1-2H3,(H,24,26). The fourth-order valence-electron chi connectivity index (χ4n) is 3.38. The van der Waals surface area contributed by atoms with Crippen LogP contribution in [-0.2, 0) is 0 Å². The van der Waals surface area contributed by atoms with Gasteiger partial charge >= 0.3 is 0 Å². The zero-order valence-corrected chi connectivity index (χ0v) is 15.4. The Hall–Kier alpha value is -2.76. The molecule has 0 saturated heterocycles. The van der Waals surface area contributed by atoms with E-state index in [2.05, 4.69) is 11.4 Å². The summed E-state index contributed by atoms with van der Waals surface area (Å²) in [7, 11) is 0. The summed E-state index contributed by atoms with van der Waals surface area (Å²) >= 11 is 0. The molecular weight excluding hydrogens is 350 g/mol. The van der Waals surface area contributed by atoms with Gasteiger partial charge in [0.05, 0.1) is 5.69 Å². The van der Waals surface area contributed by atoms with Gasteiger partial charge in [0.1, 0.15) is 17.2 Å². The van der Waals surface area contributed by atoms with Crippen LogP contribution in [0.5, 0.6) is 0 Å². The molecule has 0 saturated carbocycles. The predicted molar refractivity (Wildman–Crippen MR) is 100 cm³/mol. The summed E-state index contributed by atoms with van der Waals surface area (Å²) < 4.78 is 28.6. The zero-order chi connectivity index (χ0) is 19.6. The molecule has 6 heteroatoms. The summed E-state index contributed by atoms with van der Waals surface area (Å²) in [6.45, 7) is 3.53. The summed E-state index contributed by atoms with van der Waals surface area (Å²) in [5.74, 6) is -1.92. The van der Waals surface area contributed by atoms with Crippen LogP contribution in [0.3, 0.4) is 0 Å². The molecule has 0 radical (unpaired) electrons. The Bertz CT molecular complexity index is 963. The number of carbonyl (C=O) groups excluding carboxylic acids is 1. The molecule has 1 atom stereocenters. The molecule has 1 amide bonds. The Morgan fingerprint density at radius 1 is 1.22 bits per heavy atom. The maximum atomic E-state index is 14.1. The fraction of sp³-hybridized carbons (Fsp3) is 0.333. The van der Waals surface area contributed by atoms with Gasteiger partial charge in [0.25, 0.3) is 11.5 Å². The number of benzene rings is 1. The van der Waals surface area contributed by atoms with Crippen LogP contribution < -0.4 is 10.9 Å². The maximum Gasteiger partial charge on any atom is 0.268 e. The van der Waals surface area contributed by atoms with Gasteiger partial charge in [-0.2, -0.15) is 0 Å². The number of nitrogens with zero attached hydrogens (tertiary/aromatic N) is 1. The fourth-order valence-corrected chi connectivity index (χ4v) is 3.38. The van der Waals surface area contributed by atoms with Gasteiger partial charge < -0.3 is 5.32 Å². The second kappa shape index (κ2) is 7.86. The average Bonchev–Trinajstić information content (AvgIpc) is 2.65. The summed E-state index contributed by atoms with van der Waals surface area (Å²) in [5, 5.41) is 2.86. The van der Waals surface area contributed by atoms with E-state index < -0.39 is 23.1 Å². The first kappa shape index (κ1) is 19.0. The predicted octanol–water partition coefficient (Wildman–Crippen LogP) is 4.04. The Morgan fingerprint density at radius 3 is 2.70 bits per heavy atom. The normalized spacial score (nSPS) is 15.2. The highest BCUT2D eigenvalue weighted by atomic mass is 19.1. The smallest absolute Gasteiger partial charge is 0.268 e. The molecular formula is C21H22F2N2O2. The van der Waals surface area contributed by atoms with Crippen LogP contribution in [0.1, 0.15) is 48.5 Å².